The van der Waals surface area contributed by atoms with E-state index in [1.165, 1.54) is 23.1 Å². The molecule has 0 aliphatic carbocycles. The quantitative estimate of drug-likeness (QED) is 0.668. The Morgan fingerprint density at radius 3 is 2.93 bits per heavy atom. The lowest BCUT2D eigenvalue weighted by atomic mass is 10.1. The highest BCUT2D eigenvalue weighted by Crippen LogP contribution is 2.29. The molecular weight excluding hydrogens is 412 g/mol. The van der Waals surface area contributed by atoms with Crippen molar-refractivity contribution in [1.29, 1.82) is 0 Å². The van der Waals surface area contributed by atoms with Crippen LogP contribution in [0.1, 0.15) is 17.7 Å². The van der Waals surface area contributed by atoms with Gasteiger partial charge in [-0.2, -0.15) is 11.8 Å². The topological polar surface area (TPSA) is 98.8 Å². The lowest BCUT2D eigenvalue weighted by molar-refractivity contribution is -0.143. The van der Waals surface area contributed by atoms with E-state index in [4.69, 9.17) is 0 Å². The highest BCUT2D eigenvalue weighted by molar-refractivity contribution is 7.99. The van der Waals surface area contributed by atoms with E-state index in [9.17, 15) is 19.2 Å². The van der Waals surface area contributed by atoms with Gasteiger partial charge in [0, 0.05) is 24.0 Å². The third kappa shape index (κ3) is 4.00. The van der Waals surface area contributed by atoms with E-state index in [1.54, 1.807) is 9.80 Å². The van der Waals surface area contributed by atoms with Crippen molar-refractivity contribution in [2.24, 2.45) is 0 Å². The normalized spacial score (nSPS) is 28.6. The summed E-state index contributed by atoms with van der Waals surface area (Å²) >= 11 is 2.94. The molecule has 4 amide bonds. The minimum Gasteiger partial charge on any atom is -0.351 e. The lowest BCUT2D eigenvalue weighted by Gasteiger charge is -2.29. The zero-order valence-corrected chi connectivity index (χ0v) is 17.8. The molecule has 0 saturated carbocycles. The summed E-state index contributed by atoms with van der Waals surface area (Å²) in [5.41, 5.74) is 0. The summed E-state index contributed by atoms with van der Waals surface area (Å²) in [4.78, 5) is 55.0. The number of fused-ring (bicyclic) bond motifs is 2. The molecule has 1 aromatic heterocycles. The number of likely N-dealkylation sites (tertiary alicyclic amines) is 1. The Morgan fingerprint density at radius 1 is 1.38 bits per heavy atom. The van der Waals surface area contributed by atoms with Gasteiger partial charge in [0.1, 0.15) is 12.1 Å². The molecule has 29 heavy (non-hydrogen) atoms. The number of amides is 4. The molecule has 3 aliphatic rings. The van der Waals surface area contributed by atoms with Gasteiger partial charge < -0.3 is 20.4 Å². The van der Waals surface area contributed by atoms with Crippen molar-refractivity contribution in [3.8, 4) is 0 Å². The van der Waals surface area contributed by atoms with E-state index in [0.717, 1.165) is 4.88 Å². The van der Waals surface area contributed by atoms with Crippen molar-refractivity contribution in [1.82, 2.24) is 20.4 Å². The maximum absolute atomic E-state index is 13.3. The molecule has 0 aromatic carbocycles. The van der Waals surface area contributed by atoms with Crippen LogP contribution < -0.4 is 10.6 Å². The van der Waals surface area contributed by atoms with Crippen molar-refractivity contribution in [3.63, 3.8) is 0 Å². The summed E-state index contributed by atoms with van der Waals surface area (Å²) in [7, 11) is 0. The Hall–Kier alpha value is -2.07. The Bertz CT molecular complexity index is 815. The Kier molecular flexibility index (Phi) is 5.82. The van der Waals surface area contributed by atoms with Gasteiger partial charge in [0.2, 0.25) is 23.6 Å². The van der Waals surface area contributed by atoms with Crippen molar-refractivity contribution < 1.29 is 19.2 Å². The molecule has 10 heteroatoms. The summed E-state index contributed by atoms with van der Waals surface area (Å²) in [6.45, 7) is 0.765. The second kappa shape index (κ2) is 8.35. The summed E-state index contributed by atoms with van der Waals surface area (Å²) in [5, 5.41) is 7.85. The summed E-state index contributed by atoms with van der Waals surface area (Å²) in [5.74, 6) is -0.264. The molecule has 2 N–H and O–H groups in total. The summed E-state index contributed by atoms with van der Waals surface area (Å²) in [6, 6.07) is 1.96. The van der Waals surface area contributed by atoms with Crippen LogP contribution >= 0.6 is 23.1 Å². The number of hydrogen-bond acceptors (Lipinski definition) is 6. The lowest BCUT2D eigenvalue weighted by Crippen LogP contribution is -2.53. The third-order valence-corrected chi connectivity index (χ3v) is 7.15. The van der Waals surface area contributed by atoms with Crippen LogP contribution in [-0.2, 0) is 25.6 Å². The number of hydrogen-bond donors (Lipinski definition) is 2. The largest absolute Gasteiger partial charge is 0.351 e. The molecule has 0 bridgehead atoms. The van der Waals surface area contributed by atoms with Gasteiger partial charge in [-0.15, -0.1) is 11.3 Å². The van der Waals surface area contributed by atoms with Gasteiger partial charge in [0.15, 0.2) is 0 Å². The highest BCUT2D eigenvalue weighted by Gasteiger charge is 2.52. The van der Waals surface area contributed by atoms with Crippen molar-refractivity contribution in [3.05, 3.63) is 22.4 Å². The average molecular weight is 437 g/mol. The molecule has 8 nitrogen and oxygen atoms in total. The van der Waals surface area contributed by atoms with E-state index in [0.29, 0.717) is 38.1 Å². The second-order valence-electron chi connectivity index (χ2n) is 7.63. The molecule has 4 rings (SSSR count). The molecule has 3 aliphatic heterocycles. The van der Waals surface area contributed by atoms with Crippen LogP contribution in [0.3, 0.4) is 0 Å². The molecule has 4 heterocycles. The zero-order chi connectivity index (χ0) is 20.5. The Morgan fingerprint density at radius 2 is 2.21 bits per heavy atom. The first-order chi connectivity index (χ1) is 14.0. The van der Waals surface area contributed by atoms with E-state index < -0.39 is 12.1 Å². The fourth-order valence-corrected chi connectivity index (χ4v) is 5.58. The molecule has 1 aromatic rings. The van der Waals surface area contributed by atoms with E-state index in [-0.39, 0.29) is 35.7 Å². The molecule has 0 unspecified atom stereocenters. The van der Waals surface area contributed by atoms with Gasteiger partial charge >= 0.3 is 0 Å². The van der Waals surface area contributed by atoms with Gasteiger partial charge in [-0.3, -0.25) is 19.2 Å². The van der Waals surface area contributed by atoms with Gasteiger partial charge in [-0.25, -0.2) is 0 Å². The standard InChI is InChI=1S/C19H24N4O4S2/c1-28-10-16(25)22-5-4-13-17(22)19(27)23-9-11(7-14(23)18(26)21-13)20-15(24)8-12-3-2-6-29-12/h2-3,6,11,13-14,17H,4-5,7-10H2,1H3,(H,20,24)(H,21,26)/t11-,13-,14+,17-/m0/s1. The second-order valence-corrected chi connectivity index (χ2v) is 9.53. The van der Waals surface area contributed by atoms with Crippen LogP contribution in [0, 0.1) is 0 Å². The third-order valence-electron chi connectivity index (χ3n) is 5.73. The Labute approximate surface area is 177 Å². The number of thiophene rings is 1. The maximum Gasteiger partial charge on any atom is 0.248 e. The van der Waals surface area contributed by atoms with Crippen molar-refractivity contribution >= 4 is 46.7 Å². The molecule has 0 radical (unpaired) electrons. The summed E-state index contributed by atoms with van der Waals surface area (Å²) in [6.07, 6.45) is 3.12. The predicted molar refractivity (Wildman–Crippen MR) is 111 cm³/mol. The van der Waals surface area contributed by atoms with Crippen LogP contribution in [0.5, 0.6) is 0 Å². The molecule has 3 fully saturated rings. The van der Waals surface area contributed by atoms with Crippen molar-refractivity contribution in [2.45, 2.75) is 43.4 Å². The minimum absolute atomic E-state index is 0.0777. The molecular formula is C19H24N4O4S2. The van der Waals surface area contributed by atoms with Crippen molar-refractivity contribution in [2.75, 3.05) is 25.1 Å². The fourth-order valence-electron chi connectivity index (χ4n) is 4.47. The van der Waals surface area contributed by atoms with Crippen LogP contribution in [-0.4, -0.2) is 82.7 Å². The monoisotopic (exact) mass is 436 g/mol. The Balaban J connectivity index is 1.45. The number of nitrogens with zero attached hydrogens (tertiary/aromatic N) is 2. The first-order valence-electron chi connectivity index (χ1n) is 9.69. The smallest absolute Gasteiger partial charge is 0.248 e. The molecule has 0 spiro atoms. The van der Waals surface area contributed by atoms with E-state index in [2.05, 4.69) is 10.6 Å². The number of rotatable bonds is 5. The van der Waals surface area contributed by atoms with E-state index >= 15 is 0 Å². The van der Waals surface area contributed by atoms with Crippen LogP contribution in [0.25, 0.3) is 0 Å². The van der Waals surface area contributed by atoms with Gasteiger partial charge in [0.05, 0.1) is 18.2 Å². The average Bonchev–Trinajstić information content (AvgIpc) is 3.40. The number of thioether (sulfide) groups is 1. The number of nitrogens with one attached hydrogen (secondary N) is 2. The van der Waals surface area contributed by atoms with E-state index in [1.807, 2.05) is 23.8 Å². The first-order valence-corrected chi connectivity index (χ1v) is 12.0. The molecule has 156 valence electrons. The highest BCUT2D eigenvalue weighted by atomic mass is 32.2. The molecule has 4 atom stereocenters. The SMILES string of the molecule is CSCC(=O)N1CC[C@@H]2NC(=O)[C@H]3C[C@H](NC(=O)Cc4cccs4)CN3C(=O)[C@H]21. The maximum atomic E-state index is 13.3. The van der Waals surface area contributed by atoms with Crippen LogP contribution in [0.4, 0.5) is 0 Å². The first kappa shape index (κ1) is 20.2. The minimum atomic E-state index is -0.649. The van der Waals surface area contributed by atoms with Gasteiger partial charge in [-0.1, -0.05) is 6.07 Å². The molecule has 3 saturated heterocycles. The number of carbonyl (C=O) groups is 4. The fraction of sp³-hybridized carbons (Fsp3) is 0.579. The zero-order valence-electron chi connectivity index (χ0n) is 16.1. The van der Waals surface area contributed by atoms with Crippen LogP contribution in [0.2, 0.25) is 0 Å². The number of carbonyl (C=O) groups excluding carboxylic acids is 4. The predicted octanol–water partition coefficient (Wildman–Crippen LogP) is -0.161. The van der Waals surface area contributed by atoms with Crippen LogP contribution in [0.15, 0.2) is 17.5 Å². The van der Waals surface area contributed by atoms with Gasteiger partial charge in [-0.05, 0) is 30.5 Å². The summed E-state index contributed by atoms with van der Waals surface area (Å²) < 4.78 is 0. The van der Waals surface area contributed by atoms with Gasteiger partial charge in [0.25, 0.3) is 0 Å².